The van der Waals surface area contributed by atoms with Gasteiger partial charge in [0.25, 0.3) is 5.91 Å². The number of hydrogen-bond donors (Lipinski definition) is 1. The molecule has 0 bridgehead atoms. The highest BCUT2D eigenvalue weighted by Crippen LogP contribution is 2.32. The lowest BCUT2D eigenvalue weighted by Gasteiger charge is -2.27. The van der Waals surface area contributed by atoms with Crippen molar-refractivity contribution in [2.75, 3.05) is 13.1 Å². The van der Waals surface area contributed by atoms with Crippen molar-refractivity contribution in [3.63, 3.8) is 0 Å². The molecule has 0 fully saturated rings. The Morgan fingerprint density at radius 2 is 1.79 bits per heavy atom. The van der Waals surface area contributed by atoms with E-state index in [1.807, 2.05) is 35.2 Å². The number of carbonyl (C=O) groups is 1. The van der Waals surface area contributed by atoms with Gasteiger partial charge in [-0.15, -0.1) is 0 Å². The summed E-state index contributed by atoms with van der Waals surface area (Å²) in [4.78, 5) is 17.9. The van der Waals surface area contributed by atoms with Crippen LogP contribution in [0.1, 0.15) is 28.0 Å². The number of carbonyl (C=O) groups excluding carboxylic acids is 1. The summed E-state index contributed by atoms with van der Waals surface area (Å²) >= 11 is 0. The topological polar surface area (TPSA) is 36.1 Å². The maximum absolute atomic E-state index is 12.6. The highest BCUT2D eigenvalue weighted by Gasteiger charge is 2.21. The number of aromatic nitrogens is 1. The lowest BCUT2D eigenvalue weighted by molar-refractivity contribution is 0.0773. The van der Waals surface area contributed by atoms with Crippen LogP contribution in [0.3, 0.4) is 0 Å². The molecule has 24 heavy (non-hydrogen) atoms. The molecule has 1 aromatic heterocycles. The Labute approximate surface area is 141 Å². The molecule has 2 aromatic carbocycles. The normalized spacial score (nSPS) is 14.7. The molecule has 0 saturated carbocycles. The van der Waals surface area contributed by atoms with Gasteiger partial charge in [-0.2, -0.15) is 0 Å². The molecular weight excluding hydrogens is 296 g/mol. The first-order valence-electron chi connectivity index (χ1n) is 8.35. The molecule has 0 radical (unpaired) electrons. The van der Waals surface area contributed by atoms with Crippen molar-refractivity contribution in [3.8, 4) is 0 Å². The SMILES string of the molecule is Cc1[nH]c2ccccc2c1C1=CCN(C(=O)c2ccccc2)CC1. The fourth-order valence-corrected chi connectivity index (χ4v) is 3.53. The first-order chi connectivity index (χ1) is 11.7. The van der Waals surface area contributed by atoms with E-state index in [2.05, 4.69) is 42.2 Å². The lowest BCUT2D eigenvalue weighted by Crippen LogP contribution is -2.34. The van der Waals surface area contributed by atoms with Crippen molar-refractivity contribution in [2.24, 2.45) is 0 Å². The number of benzene rings is 2. The Bertz CT molecular complexity index is 921. The van der Waals surface area contributed by atoms with Crippen LogP contribution >= 0.6 is 0 Å². The van der Waals surface area contributed by atoms with Gasteiger partial charge in [0, 0.05) is 40.8 Å². The Hall–Kier alpha value is -2.81. The van der Waals surface area contributed by atoms with Gasteiger partial charge >= 0.3 is 0 Å². The minimum absolute atomic E-state index is 0.113. The monoisotopic (exact) mass is 316 g/mol. The van der Waals surface area contributed by atoms with Crippen LogP contribution in [-0.4, -0.2) is 28.9 Å². The number of aromatic amines is 1. The summed E-state index contributed by atoms with van der Waals surface area (Å²) in [6.07, 6.45) is 3.09. The predicted octanol–water partition coefficient (Wildman–Crippen LogP) is 4.41. The van der Waals surface area contributed by atoms with Gasteiger partial charge < -0.3 is 9.88 Å². The molecule has 1 N–H and O–H groups in total. The first kappa shape index (κ1) is 14.8. The summed E-state index contributed by atoms with van der Waals surface area (Å²) in [6.45, 7) is 3.55. The van der Waals surface area contributed by atoms with Gasteiger partial charge in [-0.3, -0.25) is 4.79 Å². The fraction of sp³-hybridized carbons (Fsp3) is 0.190. The summed E-state index contributed by atoms with van der Waals surface area (Å²) in [6, 6.07) is 17.9. The van der Waals surface area contributed by atoms with Crippen LogP contribution < -0.4 is 0 Å². The average Bonchev–Trinajstić information content (AvgIpc) is 2.98. The molecule has 1 aliphatic heterocycles. The van der Waals surface area contributed by atoms with Gasteiger partial charge in [0.05, 0.1) is 0 Å². The Balaban J connectivity index is 1.61. The van der Waals surface area contributed by atoms with Crippen LogP contribution in [0.15, 0.2) is 60.7 Å². The van der Waals surface area contributed by atoms with Gasteiger partial charge in [0.2, 0.25) is 0 Å². The van der Waals surface area contributed by atoms with Crippen molar-refractivity contribution >= 4 is 22.4 Å². The predicted molar refractivity (Wildman–Crippen MR) is 98.0 cm³/mol. The number of fused-ring (bicyclic) bond motifs is 1. The number of aryl methyl sites for hydroxylation is 1. The van der Waals surface area contributed by atoms with Crippen LogP contribution in [0.25, 0.3) is 16.5 Å². The quantitative estimate of drug-likeness (QED) is 0.747. The van der Waals surface area contributed by atoms with Gasteiger partial charge in [0.15, 0.2) is 0 Å². The van der Waals surface area contributed by atoms with Crippen molar-refractivity contribution in [3.05, 3.63) is 77.5 Å². The van der Waals surface area contributed by atoms with E-state index in [-0.39, 0.29) is 5.91 Å². The molecule has 0 saturated heterocycles. The summed E-state index contributed by atoms with van der Waals surface area (Å²) in [5, 5.41) is 1.27. The molecule has 0 spiro atoms. The molecule has 120 valence electrons. The summed E-state index contributed by atoms with van der Waals surface area (Å²) in [7, 11) is 0. The summed E-state index contributed by atoms with van der Waals surface area (Å²) < 4.78 is 0. The highest BCUT2D eigenvalue weighted by molar-refractivity contribution is 5.97. The molecule has 1 amide bonds. The number of rotatable bonds is 2. The van der Waals surface area contributed by atoms with Crippen LogP contribution in [0.2, 0.25) is 0 Å². The molecule has 3 aromatic rings. The lowest BCUT2D eigenvalue weighted by atomic mass is 9.96. The average molecular weight is 316 g/mol. The largest absolute Gasteiger partial charge is 0.358 e. The molecule has 4 rings (SSSR count). The second-order valence-corrected chi connectivity index (χ2v) is 6.27. The second-order valence-electron chi connectivity index (χ2n) is 6.27. The van der Waals surface area contributed by atoms with E-state index < -0.39 is 0 Å². The van der Waals surface area contributed by atoms with E-state index in [9.17, 15) is 4.79 Å². The van der Waals surface area contributed by atoms with E-state index >= 15 is 0 Å². The molecular formula is C21H20N2O. The number of nitrogens with zero attached hydrogens (tertiary/aromatic N) is 1. The number of H-pyrrole nitrogens is 1. The zero-order chi connectivity index (χ0) is 16.5. The molecule has 1 aliphatic rings. The number of nitrogens with one attached hydrogen (secondary N) is 1. The zero-order valence-electron chi connectivity index (χ0n) is 13.8. The van der Waals surface area contributed by atoms with Crippen molar-refractivity contribution in [1.29, 1.82) is 0 Å². The van der Waals surface area contributed by atoms with Gasteiger partial charge in [-0.05, 0) is 37.1 Å². The van der Waals surface area contributed by atoms with Crippen LogP contribution in [0, 0.1) is 6.92 Å². The van der Waals surface area contributed by atoms with Crippen molar-refractivity contribution < 1.29 is 4.79 Å². The van der Waals surface area contributed by atoms with Gasteiger partial charge in [0.1, 0.15) is 0 Å². The third-order valence-electron chi connectivity index (χ3n) is 4.73. The summed E-state index contributed by atoms with van der Waals surface area (Å²) in [5.74, 6) is 0.113. The van der Waals surface area contributed by atoms with E-state index in [0.29, 0.717) is 6.54 Å². The number of hydrogen-bond acceptors (Lipinski definition) is 1. The van der Waals surface area contributed by atoms with Crippen LogP contribution in [0.5, 0.6) is 0 Å². The third kappa shape index (κ3) is 2.52. The molecule has 3 nitrogen and oxygen atoms in total. The van der Waals surface area contributed by atoms with Crippen LogP contribution in [-0.2, 0) is 0 Å². The third-order valence-corrected chi connectivity index (χ3v) is 4.73. The van der Waals surface area contributed by atoms with Gasteiger partial charge in [-0.25, -0.2) is 0 Å². The van der Waals surface area contributed by atoms with Crippen molar-refractivity contribution in [1.82, 2.24) is 9.88 Å². The Morgan fingerprint density at radius 1 is 1.04 bits per heavy atom. The first-order valence-corrected chi connectivity index (χ1v) is 8.35. The van der Waals surface area contributed by atoms with E-state index in [4.69, 9.17) is 0 Å². The molecule has 3 heteroatoms. The molecule has 0 atom stereocenters. The van der Waals surface area contributed by atoms with E-state index in [1.54, 1.807) is 0 Å². The maximum Gasteiger partial charge on any atom is 0.254 e. The molecule has 0 unspecified atom stereocenters. The Morgan fingerprint density at radius 3 is 2.54 bits per heavy atom. The smallest absolute Gasteiger partial charge is 0.254 e. The minimum Gasteiger partial charge on any atom is -0.358 e. The molecule has 0 aliphatic carbocycles. The van der Waals surface area contributed by atoms with E-state index in [1.165, 1.54) is 27.7 Å². The fourth-order valence-electron chi connectivity index (χ4n) is 3.53. The maximum atomic E-state index is 12.6. The summed E-state index contributed by atoms with van der Waals surface area (Å²) in [5.41, 5.74) is 5.77. The van der Waals surface area contributed by atoms with Crippen LogP contribution in [0.4, 0.5) is 0 Å². The number of amides is 1. The van der Waals surface area contributed by atoms with E-state index in [0.717, 1.165) is 18.5 Å². The highest BCUT2D eigenvalue weighted by atomic mass is 16.2. The standard InChI is InChI=1S/C21H20N2O/c1-15-20(18-9-5-6-10-19(18)22-15)16-11-13-23(14-12-16)21(24)17-7-3-2-4-8-17/h2-11,22H,12-14H2,1H3. The van der Waals surface area contributed by atoms with Crippen molar-refractivity contribution in [2.45, 2.75) is 13.3 Å². The number of para-hydroxylation sites is 1. The second kappa shape index (κ2) is 6.00. The zero-order valence-corrected chi connectivity index (χ0v) is 13.8. The molecule has 2 heterocycles. The Kier molecular flexibility index (Phi) is 3.69. The minimum atomic E-state index is 0.113. The van der Waals surface area contributed by atoms with Gasteiger partial charge in [-0.1, -0.05) is 42.5 Å².